The molecule has 0 aromatic heterocycles. The lowest BCUT2D eigenvalue weighted by molar-refractivity contribution is -0.138. The number of carbonyl (C=O) groups is 2. The highest BCUT2D eigenvalue weighted by atomic mass is 16.6. The Kier molecular flexibility index (Phi) is 9.04. The van der Waals surface area contributed by atoms with Crippen LogP contribution in [0, 0.1) is 0 Å². The minimum absolute atomic E-state index is 0.176. The van der Waals surface area contributed by atoms with Crippen molar-refractivity contribution >= 4 is 11.9 Å². The molecule has 0 saturated carbocycles. The van der Waals surface area contributed by atoms with Gasteiger partial charge in [0.15, 0.2) is 0 Å². The number of carboxylic acid groups (broad SMARTS) is 1. The van der Waals surface area contributed by atoms with E-state index in [1.165, 1.54) is 6.92 Å². The van der Waals surface area contributed by atoms with Gasteiger partial charge in [-0.15, -0.1) is 0 Å². The number of para-hydroxylation sites is 1. The van der Waals surface area contributed by atoms with Gasteiger partial charge in [-0.05, 0) is 19.1 Å². The largest absolute Gasteiger partial charge is 0.490 e. The summed E-state index contributed by atoms with van der Waals surface area (Å²) in [6.45, 7) is 8.47. The number of carboxylic acids is 1. The van der Waals surface area contributed by atoms with E-state index < -0.39 is 11.9 Å². The van der Waals surface area contributed by atoms with E-state index in [0.29, 0.717) is 6.61 Å². The molecule has 0 aliphatic heterocycles. The molecular formula is C15H18O5. The summed E-state index contributed by atoms with van der Waals surface area (Å²) < 4.78 is 10.0. The Hall–Kier alpha value is -2.56. The number of ether oxygens (including phenoxy) is 2. The second-order valence-electron chi connectivity index (χ2n) is 3.62. The van der Waals surface area contributed by atoms with Gasteiger partial charge in [-0.2, -0.15) is 0 Å². The third-order valence-electron chi connectivity index (χ3n) is 1.87. The standard InChI is InChI=1S/C11H12O3.C4H6O2/c1-2-11(12)14-9-8-13-10-6-4-3-5-7-10;1-3(2)4(5)6/h2-7H,1,8-9H2;1H2,2H3,(H,5,6). The van der Waals surface area contributed by atoms with Gasteiger partial charge in [0.05, 0.1) is 0 Å². The van der Waals surface area contributed by atoms with Crippen LogP contribution in [-0.2, 0) is 14.3 Å². The van der Waals surface area contributed by atoms with Gasteiger partial charge < -0.3 is 14.6 Å². The summed E-state index contributed by atoms with van der Waals surface area (Å²) in [6, 6.07) is 9.35. The second-order valence-corrected chi connectivity index (χ2v) is 3.62. The van der Waals surface area contributed by atoms with E-state index in [-0.39, 0.29) is 12.2 Å². The summed E-state index contributed by atoms with van der Waals surface area (Å²) >= 11 is 0. The monoisotopic (exact) mass is 278 g/mol. The molecule has 0 spiro atoms. The molecule has 0 fully saturated rings. The Bertz CT molecular complexity index is 439. The fourth-order valence-corrected chi connectivity index (χ4v) is 0.877. The molecule has 108 valence electrons. The Morgan fingerprint density at radius 2 is 1.80 bits per heavy atom. The van der Waals surface area contributed by atoms with Crippen LogP contribution in [0.15, 0.2) is 55.1 Å². The SMILES string of the molecule is C=C(C)C(=O)O.C=CC(=O)OCCOc1ccccc1. The lowest BCUT2D eigenvalue weighted by Gasteiger charge is -2.05. The first-order valence-corrected chi connectivity index (χ1v) is 5.83. The van der Waals surface area contributed by atoms with Gasteiger partial charge in [-0.1, -0.05) is 31.4 Å². The van der Waals surface area contributed by atoms with E-state index in [0.717, 1.165) is 11.8 Å². The second kappa shape index (κ2) is 10.4. The molecule has 0 aliphatic rings. The first kappa shape index (κ1) is 17.4. The molecule has 5 nitrogen and oxygen atoms in total. The van der Waals surface area contributed by atoms with Crippen LogP contribution in [-0.4, -0.2) is 30.3 Å². The number of aliphatic carboxylic acids is 1. The maximum Gasteiger partial charge on any atom is 0.330 e. The van der Waals surface area contributed by atoms with E-state index in [4.69, 9.17) is 14.6 Å². The average Bonchev–Trinajstić information content (AvgIpc) is 2.45. The summed E-state index contributed by atoms with van der Waals surface area (Å²) in [7, 11) is 0. The van der Waals surface area contributed by atoms with E-state index in [2.05, 4.69) is 13.2 Å². The van der Waals surface area contributed by atoms with E-state index in [1.54, 1.807) is 0 Å². The first-order chi connectivity index (χ1) is 9.47. The van der Waals surface area contributed by atoms with Crippen LogP contribution in [0.5, 0.6) is 5.75 Å². The summed E-state index contributed by atoms with van der Waals surface area (Å²) in [5.74, 6) is -0.598. The van der Waals surface area contributed by atoms with Crippen molar-refractivity contribution < 1.29 is 24.2 Å². The van der Waals surface area contributed by atoms with Gasteiger partial charge >= 0.3 is 11.9 Å². The van der Waals surface area contributed by atoms with Gasteiger partial charge in [0.1, 0.15) is 19.0 Å². The zero-order chi connectivity index (χ0) is 15.4. The highest BCUT2D eigenvalue weighted by Gasteiger charge is 1.95. The quantitative estimate of drug-likeness (QED) is 0.491. The summed E-state index contributed by atoms with van der Waals surface area (Å²) in [5.41, 5.74) is 0.176. The van der Waals surface area contributed by atoms with Gasteiger partial charge in [0, 0.05) is 11.6 Å². The highest BCUT2D eigenvalue weighted by Crippen LogP contribution is 2.07. The first-order valence-electron chi connectivity index (χ1n) is 5.83. The maximum absolute atomic E-state index is 10.6. The van der Waals surface area contributed by atoms with Crippen molar-refractivity contribution in [1.82, 2.24) is 0 Å². The van der Waals surface area contributed by atoms with Gasteiger partial charge in [0.25, 0.3) is 0 Å². The number of rotatable bonds is 6. The number of hydrogen-bond donors (Lipinski definition) is 1. The van der Waals surface area contributed by atoms with Gasteiger partial charge in [0.2, 0.25) is 0 Å². The van der Waals surface area contributed by atoms with E-state index in [1.807, 2.05) is 30.3 Å². The van der Waals surface area contributed by atoms with Crippen molar-refractivity contribution in [2.45, 2.75) is 6.92 Å². The molecular weight excluding hydrogens is 260 g/mol. The Morgan fingerprint density at radius 3 is 2.25 bits per heavy atom. The normalized spacial score (nSPS) is 8.65. The van der Waals surface area contributed by atoms with Crippen LogP contribution in [0.1, 0.15) is 6.92 Å². The molecule has 1 aromatic rings. The van der Waals surface area contributed by atoms with Crippen molar-refractivity contribution in [3.8, 4) is 5.75 Å². The predicted molar refractivity (Wildman–Crippen MR) is 75.5 cm³/mol. The van der Waals surface area contributed by atoms with E-state index >= 15 is 0 Å². The predicted octanol–water partition coefficient (Wildman–Crippen LogP) is 2.44. The van der Waals surface area contributed by atoms with E-state index in [9.17, 15) is 9.59 Å². The Morgan fingerprint density at radius 1 is 1.25 bits per heavy atom. The maximum atomic E-state index is 10.6. The Labute approximate surface area is 118 Å². The summed E-state index contributed by atoms with van der Waals surface area (Å²) in [4.78, 5) is 20.2. The molecule has 0 unspecified atom stereocenters. The van der Waals surface area contributed by atoms with Gasteiger partial charge in [-0.3, -0.25) is 0 Å². The van der Waals surface area contributed by atoms with Crippen molar-refractivity contribution in [2.75, 3.05) is 13.2 Å². The molecule has 0 amide bonds. The summed E-state index contributed by atoms with van der Waals surface area (Å²) in [6.07, 6.45) is 1.13. The molecule has 1 N–H and O–H groups in total. The molecule has 0 saturated heterocycles. The molecule has 20 heavy (non-hydrogen) atoms. The minimum Gasteiger partial charge on any atom is -0.490 e. The number of hydrogen-bond acceptors (Lipinski definition) is 4. The molecule has 0 aliphatic carbocycles. The minimum atomic E-state index is -0.935. The van der Waals surface area contributed by atoms with Crippen molar-refractivity contribution in [1.29, 1.82) is 0 Å². The summed E-state index contributed by atoms with van der Waals surface area (Å²) in [5, 5.41) is 7.89. The molecule has 0 heterocycles. The lowest BCUT2D eigenvalue weighted by atomic mass is 10.3. The molecule has 5 heteroatoms. The highest BCUT2D eigenvalue weighted by molar-refractivity contribution is 5.84. The zero-order valence-electron chi connectivity index (χ0n) is 11.4. The van der Waals surface area contributed by atoms with Crippen LogP contribution >= 0.6 is 0 Å². The third-order valence-corrected chi connectivity index (χ3v) is 1.87. The lowest BCUT2D eigenvalue weighted by Crippen LogP contribution is -2.09. The van der Waals surface area contributed by atoms with Crippen LogP contribution in [0.2, 0.25) is 0 Å². The van der Waals surface area contributed by atoms with Gasteiger partial charge in [-0.25, -0.2) is 9.59 Å². The van der Waals surface area contributed by atoms with Crippen LogP contribution in [0.4, 0.5) is 0 Å². The number of benzene rings is 1. The molecule has 1 aromatic carbocycles. The Balaban J connectivity index is 0.000000511. The molecule has 0 atom stereocenters. The van der Waals surface area contributed by atoms with Crippen LogP contribution in [0.3, 0.4) is 0 Å². The number of carbonyl (C=O) groups excluding carboxylic acids is 1. The molecule has 0 bridgehead atoms. The van der Waals surface area contributed by atoms with Crippen LogP contribution in [0.25, 0.3) is 0 Å². The third kappa shape index (κ3) is 9.47. The fraction of sp³-hybridized carbons (Fsp3) is 0.200. The molecule has 1 rings (SSSR count). The fourth-order valence-electron chi connectivity index (χ4n) is 0.877. The van der Waals surface area contributed by atoms with Crippen molar-refractivity contribution in [3.05, 3.63) is 55.1 Å². The van der Waals surface area contributed by atoms with Crippen molar-refractivity contribution in [3.63, 3.8) is 0 Å². The number of esters is 1. The molecule has 0 radical (unpaired) electrons. The van der Waals surface area contributed by atoms with Crippen LogP contribution < -0.4 is 4.74 Å². The topological polar surface area (TPSA) is 72.8 Å². The smallest absolute Gasteiger partial charge is 0.330 e. The van der Waals surface area contributed by atoms with Crippen molar-refractivity contribution in [2.24, 2.45) is 0 Å². The average molecular weight is 278 g/mol. The zero-order valence-corrected chi connectivity index (χ0v) is 11.4.